The van der Waals surface area contributed by atoms with Gasteiger partial charge in [0.05, 0.1) is 0 Å². The van der Waals surface area contributed by atoms with E-state index >= 15 is 0 Å². The van der Waals surface area contributed by atoms with Gasteiger partial charge in [-0.2, -0.15) is 0 Å². The standard InChI is InChI=1S/C14H22F2N2O2S/c1-10(2)5-3-4-8-18-21(19,20)13-7-6-12(15)11(9-17)14(13)16/h6-7,10,18H,3-5,8-9,17H2,1-2H3. The smallest absolute Gasteiger partial charge is 0.243 e. The topological polar surface area (TPSA) is 72.2 Å². The van der Waals surface area contributed by atoms with Crippen LogP contribution >= 0.6 is 0 Å². The molecule has 120 valence electrons. The fourth-order valence-electron chi connectivity index (χ4n) is 1.93. The van der Waals surface area contributed by atoms with E-state index in [0.717, 1.165) is 25.0 Å². The Bertz CT molecular complexity index is 575. The van der Waals surface area contributed by atoms with E-state index in [2.05, 4.69) is 18.6 Å². The zero-order valence-electron chi connectivity index (χ0n) is 12.3. The number of hydrogen-bond acceptors (Lipinski definition) is 3. The Balaban J connectivity index is 2.75. The normalized spacial score (nSPS) is 12.1. The molecule has 21 heavy (non-hydrogen) atoms. The lowest BCUT2D eigenvalue weighted by molar-refractivity contribution is 0.518. The number of sulfonamides is 1. The molecule has 0 heterocycles. The molecule has 0 spiro atoms. The van der Waals surface area contributed by atoms with Crippen LogP contribution in [-0.4, -0.2) is 15.0 Å². The van der Waals surface area contributed by atoms with E-state index < -0.39 is 38.7 Å². The summed E-state index contributed by atoms with van der Waals surface area (Å²) in [5.74, 6) is -1.40. The van der Waals surface area contributed by atoms with Crippen LogP contribution in [0.3, 0.4) is 0 Å². The number of rotatable bonds is 8. The molecule has 0 saturated carbocycles. The van der Waals surface area contributed by atoms with Crippen molar-refractivity contribution >= 4 is 10.0 Å². The summed E-state index contributed by atoms with van der Waals surface area (Å²) in [5.41, 5.74) is 4.82. The Hall–Kier alpha value is -1.05. The number of halogens is 2. The fraction of sp³-hybridized carbons (Fsp3) is 0.571. The molecule has 0 amide bonds. The Labute approximate surface area is 124 Å². The first-order valence-electron chi connectivity index (χ1n) is 6.96. The summed E-state index contributed by atoms with van der Waals surface area (Å²) < 4.78 is 53.6. The number of benzene rings is 1. The van der Waals surface area contributed by atoms with E-state index in [9.17, 15) is 17.2 Å². The summed E-state index contributed by atoms with van der Waals surface area (Å²) in [6.07, 6.45) is 2.56. The van der Waals surface area contributed by atoms with Gasteiger partial charge in [0.1, 0.15) is 10.7 Å². The average Bonchev–Trinajstić information content (AvgIpc) is 2.38. The Kier molecular flexibility index (Phi) is 6.70. The molecule has 0 radical (unpaired) electrons. The van der Waals surface area contributed by atoms with Gasteiger partial charge in [-0.25, -0.2) is 21.9 Å². The third-order valence-electron chi connectivity index (χ3n) is 3.14. The van der Waals surface area contributed by atoms with Gasteiger partial charge in [0.2, 0.25) is 10.0 Å². The van der Waals surface area contributed by atoms with Gasteiger partial charge in [-0.3, -0.25) is 0 Å². The maximum absolute atomic E-state index is 14.0. The van der Waals surface area contributed by atoms with Gasteiger partial charge in [-0.15, -0.1) is 0 Å². The highest BCUT2D eigenvalue weighted by atomic mass is 32.2. The molecule has 4 nitrogen and oxygen atoms in total. The molecule has 0 fully saturated rings. The van der Waals surface area contributed by atoms with Gasteiger partial charge in [0, 0.05) is 18.7 Å². The molecule has 3 N–H and O–H groups in total. The molecular weight excluding hydrogens is 298 g/mol. The predicted molar refractivity (Wildman–Crippen MR) is 78.1 cm³/mol. The summed E-state index contributed by atoms with van der Waals surface area (Å²) in [6.45, 7) is 4.01. The number of unbranched alkanes of at least 4 members (excludes halogenated alkanes) is 1. The van der Waals surface area contributed by atoms with E-state index in [1.807, 2.05) is 0 Å². The molecule has 0 atom stereocenters. The highest BCUT2D eigenvalue weighted by Gasteiger charge is 2.22. The van der Waals surface area contributed by atoms with Crippen molar-refractivity contribution in [3.8, 4) is 0 Å². The molecule has 1 aromatic rings. The van der Waals surface area contributed by atoms with Crippen LogP contribution < -0.4 is 10.5 Å². The second-order valence-electron chi connectivity index (χ2n) is 5.33. The predicted octanol–water partition coefficient (Wildman–Crippen LogP) is 2.53. The van der Waals surface area contributed by atoms with Gasteiger partial charge in [0.25, 0.3) is 0 Å². The minimum atomic E-state index is -3.99. The van der Waals surface area contributed by atoms with Crippen molar-refractivity contribution in [1.29, 1.82) is 0 Å². The van der Waals surface area contributed by atoms with Crippen molar-refractivity contribution in [1.82, 2.24) is 4.72 Å². The van der Waals surface area contributed by atoms with Crippen molar-refractivity contribution < 1.29 is 17.2 Å². The van der Waals surface area contributed by atoms with Crippen LogP contribution in [0.2, 0.25) is 0 Å². The summed E-state index contributed by atoms with van der Waals surface area (Å²) >= 11 is 0. The molecule has 0 aliphatic carbocycles. The van der Waals surface area contributed by atoms with Crippen LogP contribution in [0.5, 0.6) is 0 Å². The summed E-state index contributed by atoms with van der Waals surface area (Å²) in [7, 11) is -3.99. The Morgan fingerprint density at radius 2 is 1.90 bits per heavy atom. The van der Waals surface area contributed by atoms with Crippen LogP contribution in [0.4, 0.5) is 8.78 Å². The number of nitrogens with two attached hydrogens (primary N) is 1. The second-order valence-corrected chi connectivity index (χ2v) is 7.06. The van der Waals surface area contributed by atoms with E-state index in [4.69, 9.17) is 5.73 Å². The highest BCUT2D eigenvalue weighted by molar-refractivity contribution is 7.89. The van der Waals surface area contributed by atoms with E-state index in [1.54, 1.807) is 0 Å². The molecular formula is C14H22F2N2O2S. The maximum atomic E-state index is 14.0. The Morgan fingerprint density at radius 3 is 2.48 bits per heavy atom. The quantitative estimate of drug-likeness (QED) is 0.723. The molecule has 0 unspecified atom stereocenters. The van der Waals surface area contributed by atoms with Gasteiger partial charge < -0.3 is 5.73 Å². The van der Waals surface area contributed by atoms with Crippen molar-refractivity contribution in [2.24, 2.45) is 11.7 Å². The Morgan fingerprint density at radius 1 is 1.24 bits per heavy atom. The molecule has 0 saturated heterocycles. The van der Waals surface area contributed by atoms with Gasteiger partial charge in [-0.1, -0.05) is 26.7 Å². The summed E-state index contributed by atoms with van der Waals surface area (Å²) in [5, 5.41) is 0. The first-order valence-corrected chi connectivity index (χ1v) is 8.44. The summed E-state index contributed by atoms with van der Waals surface area (Å²) in [6, 6.07) is 1.83. The van der Waals surface area contributed by atoms with E-state index in [1.165, 1.54) is 0 Å². The van der Waals surface area contributed by atoms with Crippen LogP contribution in [0, 0.1) is 17.6 Å². The monoisotopic (exact) mass is 320 g/mol. The lowest BCUT2D eigenvalue weighted by Crippen LogP contribution is -2.26. The average molecular weight is 320 g/mol. The lowest BCUT2D eigenvalue weighted by atomic mass is 10.1. The zero-order valence-corrected chi connectivity index (χ0v) is 13.1. The molecule has 1 rings (SSSR count). The van der Waals surface area contributed by atoms with E-state index in [-0.39, 0.29) is 6.54 Å². The van der Waals surface area contributed by atoms with Crippen LogP contribution in [0.15, 0.2) is 17.0 Å². The largest absolute Gasteiger partial charge is 0.326 e. The van der Waals surface area contributed by atoms with Gasteiger partial charge >= 0.3 is 0 Å². The fourth-order valence-corrected chi connectivity index (χ4v) is 3.11. The number of hydrogen-bond donors (Lipinski definition) is 2. The van der Waals surface area contributed by atoms with Crippen molar-refractivity contribution in [3.63, 3.8) is 0 Å². The van der Waals surface area contributed by atoms with Crippen LogP contribution in [0.25, 0.3) is 0 Å². The maximum Gasteiger partial charge on any atom is 0.243 e. The van der Waals surface area contributed by atoms with Gasteiger partial charge in [0.15, 0.2) is 5.82 Å². The van der Waals surface area contributed by atoms with Crippen molar-refractivity contribution in [2.45, 2.75) is 44.6 Å². The third-order valence-corrected chi connectivity index (χ3v) is 4.62. The minimum absolute atomic E-state index is 0.226. The highest BCUT2D eigenvalue weighted by Crippen LogP contribution is 2.20. The second kappa shape index (κ2) is 7.82. The molecule has 0 aromatic heterocycles. The van der Waals surface area contributed by atoms with Crippen molar-refractivity contribution in [2.75, 3.05) is 6.54 Å². The molecule has 0 aliphatic heterocycles. The third kappa shape index (κ3) is 5.01. The first kappa shape index (κ1) is 18.0. The van der Waals surface area contributed by atoms with Gasteiger partial charge in [-0.05, 0) is 24.5 Å². The first-order chi connectivity index (χ1) is 9.79. The molecule has 0 bridgehead atoms. The minimum Gasteiger partial charge on any atom is -0.326 e. The van der Waals surface area contributed by atoms with Crippen LogP contribution in [-0.2, 0) is 16.6 Å². The zero-order chi connectivity index (χ0) is 16.0. The summed E-state index contributed by atoms with van der Waals surface area (Å²) in [4.78, 5) is -0.562. The molecule has 1 aromatic carbocycles. The van der Waals surface area contributed by atoms with Crippen molar-refractivity contribution in [3.05, 3.63) is 29.3 Å². The van der Waals surface area contributed by atoms with E-state index in [0.29, 0.717) is 12.3 Å². The van der Waals surface area contributed by atoms with Crippen LogP contribution in [0.1, 0.15) is 38.7 Å². The molecule has 7 heteroatoms. The number of nitrogens with one attached hydrogen (secondary N) is 1. The lowest BCUT2D eigenvalue weighted by Gasteiger charge is -2.10. The molecule has 0 aliphatic rings. The SMILES string of the molecule is CC(C)CCCCNS(=O)(=O)c1ccc(F)c(CN)c1F.